The van der Waals surface area contributed by atoms with Gasteiger partial charge < -0.3 is 10.2 Å². The number of fused-ring (bicyclic) bond motifs is 2. The van der Waals surface area contributed by atoms with E-state index in [1.165, 1.54) is 0 Å². The van der Waals surface area contributed by atoms with Crippen molar-refractivity contribution in [2.45, 2.75) is 59.5 Å². The molecular weight excluding hydrogens is 228 g/mol. The standard InChI is InChI=1S/C15H26O3/c1-9(2)11(12(16)17)15(18)8-10-6-7-14(15,5)13(10,3)4/h9-11,18H,6-8H2,1-5H3,(H,16,17)/t10-,11?,14-,15-/m1/s1. The Kier molecular flexibility index (Phi) is 2.86. The molecule has 2 aliphatic carbocycles. The number of hydrogen-bond acceptors (Lipinski definition) is 2. The highest BCUT2D eigenvalue weighted by molar-refractivity contribution is 5.72. The summed E-state index contributed by atoms with van der Waals surface area (Å²) in [4.78, 5) is 11.6. The van der Waals surface area contributed by atoms with Crippen LogP contribution in [0.25, 0.3) is 0 Å². The van der Waals surface area contributed by atoms with E-state index in [-0.39, 0.29) is 16.7 Å². The molecule has 0 aromatic heterocycles. The van der Waals surface area contributed by atoms with Crippen molar-refractivity contribution < 1.29 is 15.0 Å². The molecular formula is C15H26O3. The average molecular weight is 254 g/mol. The number of rotatable bonds is 3. The highest BCUT2D eigenvalue weighted by Gasteiger charge is 2.71. The largest absolute Gasteiger partial charge is 0.481 e. The van der Waals surface area contributed by atoms with Gasteiger partial charge in [-0.2, -0.15) is 0 Å². The van der Waals surface area contributed by atoms with E-state index in [2.05, 4.69) is 20.8 Å². The van der Waals surface area contributed by atoms with Gasteiger partial charge in [0.15, 0.2) is 0 Å². The van der Waals surface area contributed by atoms with Crippen molar-refractivity contribution in [1.29, 1.82) is 0 Å². The first-order chi connectivity index (χ1) is 8.08. The third kappa shape index (κ3) is 1.37. The first kappa shape index (κ1) is 13.9. The smallest absolute Gasteiger partial charge is 0.309 e. The fraction of sp³-hybridized carbons (Fsp3) is 0.933. The van der Waals surface area contributed by atoms with Gasteiger partial charge in [0.1, 0.15) is 0 Å². The van der Waals surface area contributed by atoms with E-state index >= 15 is 0 Å². The van der Waals surface area contributed by atoms with Crippen LogP contribution >= 0.6 is 0 Å². The maximum Gasteiger partial charge on any atom is 0.309 e. The Morgan fingerprint density at radius 3 is 2.11 bits per heavy atom. The van der Waals surface area contributed by atoms with Crippen LogP contribution in [0.4, 0.5) is 0 Å². The van der Waals surface area contributed by atoms with E-state index in [1.807, 2.05) is 13.8 Å². The minimum atomic E-state index is -1.06. The van der Waals surface area contributed by atoms with Crippen molar-refractivity contribution in [3.8, 4) is 0 Å². The zero-order valence-corrected chi connectivity index (χ0v) is 12.2. The van der Waals surface area contributed by atoms with Gasteiger partial charge in [0.05, 0.1) is 11.5 Å². The second kappa shape index (κ2) is 3.72. The predicted octanol–water partition coefficient (Wildman–Crippen LogP) is 2.92. The molecule has 0 heterocycles. The summed E-state index contributed by atoms with van der Waals surface area (Å²) >= 11 is 0. The third-order valence-electron chi connectivity index (χ3n) is 6.40. The summed E-state index contributed by atoms with van der Waals surface area (Å²) < 4.78 is 0. The molecule has 104 valence electrons. The molecule has 4 atom stereocenters. The van der Waals surface area contributed by atoms with Crippen LogP contribution in [-0.4, -0.2) is 21.8 Å². The number of carboxylic acids is 1. The molecule has 2 saturated carbocycles. The van der Waals surface area contributed by atoms with Gasteiger partial charge >= 0.3 is 5.97 Å². The SMILES string of the molecule is CC(C)C(C(=O)O)[C@]1(O)C[C@H]2CC[C@]1(C)C2(C)C. The minimum Gasteiger partial charge on any atom is -0.481 e. The van der Waals surface area contributed by atoms with Crippen LogP contribution in [0.2, 0.25) is 0 Å². The topological polar surface area (TPSA) is 57.5 Å². The Hall–Kier alpha value is -0.570. The second-order valence-electron chi connectivity index (χ2n) is 7.48. The fourth-order valence-electron chi connectivity index (χ4n) is 4.84. The van der Waals surface area contributed by atoms with Gasteiger partial charge in [-0.15, -0.1) is 0 Å². The van der Waals surface area contributed by atoms with E-state index in [4.69, 9.17) is 0 Å². The van der Waals surface area contributed by atoms with Crippen molar-refractivity contribution in [2.75, 3.05) is 0 Å². The van der Waals surface area contributed by atoms with Crippen LogP contribution in [0, 0.1) is 28.6 Å². The molecule has 3 nitrogen and oxygen atoms in total. The molecule has 1 unspecified atom stereocenters. The maximum absolute atomic E-state index is 11.6. The average Bonchev–Trinajstić information content (AvgIpc) is 2.48. The van der Waals surface area contributed by atoms with Crippen LogP contribution in [0.5, 0.6) is 0 Å². The van der Waals surface area contributed by atoms with Gasteiger partial charge in [-0.05, 0) is 36.5 Å². The Bertz CT molecular complexity index is 374. The molecule has 18 heavy (non-hydrogen) atoms. The maximum atomic E-state index is 11.6. The summed E-state index contributed by atoms with van der Waals surface area (Å²) in [5.74, 6) is -1.10. The lowest BCUT2D eigenvalue weighted by atomic mass is 9.58. The third-order valence-corrected chi connectivity index (χ3v) is 6.40. The molecule has 0 radical (unpaired) electrons. The lowest BCUT2D eigenvalue weighted by Gasteiger charge is -2.49. The van der Waals surface area contributed by atoms with Gasteiger partial charge in [0.25, 0.3) is 0 Å². The fourth-order valence-corrected chi connectivity index (χ4v) is 4.84. The quantitative estimate of drug-likeness (QED) is 0.814. The number of carbonyl (C=O) groups is 1. The Morgan fingerprint density at radius 1 is 1.28 bits per heavy atom. The summed E-state index contributed by atoms with van der Waals surface area (Å²) in [6.45, 7) is 10.3. The van der Waals surface area contributed by atoms with Crippen LogP contribution in [0.3, 0.4) is 0 Å². The van der Waals surface area contributed by atoms with Crippen molar-refractivity contribution >= 4 is 5.97 Å². The molecule has 0 aliphatic heterocycles. The molecule has 0 saturated heterocycles. The van der Waals surface area contributed by atoms with E-state index in [0.717, 1.165) is 12.8 Å². The molecule has 0 aromatic rings. The molecule has 3 heteroatoms. The molecule has 2 N–H and O–H groups in total. The summed E-state index contributed by atoms with van der Waals surface area (Å²) in [6.07, 6.45) is 2.71. The number of carboxylic acid groups (broad SMARTS) is 1. The second-order valence-corrected chi connectivity index (χ2v) is 7.48. The van der Waals surface area contributed by atoms with Gasteiger partial charge in [-0.3, -0.25) is 4.79 Å². The van der Waals surface area contributed by atoms with Gasteiger partial charge in [0, 0.05) is 5.41 Å². The minimum absolute atomic E-state index is 0.0321. The Balaban J connectivity index is 2.48. The first-order valence-electron chi connectivity index (χ1n) is 7.03. The van der Waals surface area contributed by atoms with Crippen molar-refractivity contribution in [2.24, 2.45) is 28.6 Å². The lowest BCUT2D eigenvalue weighted by molar-refractivity contribution is -0.176. The van der Waals surface area contributed by atoms with E-state index < -0.39 is 17.5 Å². The predicted molar refractivity (Wildman–Crippen MR) is 70.1 cm³/mol. The summed E-state index contributed by atoms with van der Waals surface area (Å²) in [5.41, 5.74) is -1.30. The van der Waals surface area contributed by atoms with E-state index in [9.17, 15) is 15.0 Å². The van der Waals surface area contributed by atoms with Gasteiger partial charge in [-0.25, -0.2) is 0 Å². The zero-order valence-electron chi connectivity index (χ0n) is 12.2. The van der Waals surface area contributed by atoms with E-state index in [1.54, 1.807) is 0 Å². The number of hydrogen-bond donors (Lipinski definition) is 2. The highest BCUT2D eigenvalue weighted by atomic mass is 16.4. The molecule has 2 rings (SSSR count). The van der Waals surface area contributed by atoms with Crippen LogP contribution in [-0.2, 0) is 4.79 Å². The molecule has 0 aromatic carbocycles. The molecule has 2 aliphatic rings. The van der Waals surface area contributed by atoms with Crippen LogP contribution in [0.1, 0.15) is 53.9 Å². The molecule has 0 amide bonds. The van der Waals surface area contributed by atoms with E-state index in [0.29, 0.717) is 12.3 Å². The summed E-state index contributed by atoms with van der Waals surface area (Å²) in [5, 5.41) is 20.7. The zero-order chi connectivity index (χ0) is 13.9. The van der Waals surface area contributed by atoms with Gasteiger partial charge in [-0.1, -0.05) is 34.6 Å². The Morgan fingerprint density at radius 2 is 1.83 bits per heavy atom. The monoisotopic (exact) mass is 254 g/mol. The highest BCUT2D eigenvalue weighted by Crippen LogP contribution is 2.71. The number of aliphatic hydroxyl groups is 1. The van der Waals surface area contributed by atoms with Crippen LogP contribution < -0.4 is 0 Å². The van der Waals surface area contributed by atoms with Crippen molar-refractivity contribution in [1.82, 2.24) is 0 Å². The van der Waals surface area contributed by atoms with Crippen molar-refractivity contribution in [3.63, 3.8) is 0 Å². The Labute approximate surface area is 110 Å². The lowest BCUT2D eigenvalue weighted by Crippen LogP contribution is -2.56. The normalized spacial score (nSPS) is 43.4. The molecule has 0 spiro atoms. The molecule has 2 fully saturated rings. The summed E-state index contributed by atoms with van der Waals surface area (Å²) in [6, 6.07) is 0. The van der Waals surface area contributed by atoms with Gasteiger partial charge in [0.2, 0.25) is 0 Å². The first-order valence-corrected chi connectivity index (χ1v) is 7.03. The molecule has 2 bridgehead atoms. The van der Waals surface area contributed by atoms with Crippen molar-refractivity contribution in [3.05, 3.63) is 0 Å². The summed E-state index contributed by atoms with van der Waals surface area (Å²) in [7, 11) is 0. The van der Waals surface area contributed by atoms with Crippen LogP contribution in [0.15, 0.2) is 0 Å². The number of aliphatic carboxylic acids is 1.